The summed E-state index contributed by atoms with van der Waals surface area (Å²) in [4.78, 5) is 0. The van der Waals surface area contributed by atoms with Crippen LogP contribution in [0.4, 0.5) is 74.6 Å². The number of alkyl halides is 16. The molecule has 174 valence electrons. The van der Waals surface area contributed by atoms with Crippen molar-refractivity contribution in [2.45, 2.75) is 54.3 Å². The number of hydrogen-bond donors (Lipinski definition) is 0. The molecule has 0 heterocycles. The third kappa shape index (κ3) is 4.06. The second kappa shape index (κ2) is 7.83. The molecule has 0 N–H and O–H groups in total. The molecule has 0 rings (SSSR count). The van der Waals surface area contributed by atoms with Crippen LogP contribution in [0.5, 0.6) is 0 Å². The molecule has 0 aromatic rings. The lowest BCUT2D eigenvalue weighted by Crippen LogP contribution is -2.69. The van der Waals surface area contributed by atoms with Crippen molar-refractivity contribution in [3.8, 4) is 0 Å². The smallest absolute Gasteiger partial charge is 0.234 e. The highest BCUT2D eigenvalue weighted by molar-refractivity contribution is 6.30. The zero-order chi connectivity index (χ0) is 24.0. The van der Waals surface area contributed by atoms with Crippen LogP contribution in [0.1, 0.15) is 0 Å². The molecule has 18 heteroatoms. The average molecular weight is 495 g/mol. The highest BCUT2D eigenvalue weighted by atomic mass is 35.5. The van der Waals surface area contributed by atoms with Gasteiger partial charge in [-0.3, -0.25) is 0 Å². The van der Waals surface area contributed by atoms with E-state index in [1.54, 1.807) is 0 Å². The Kier molecular flexibility index (Phi) is 7.52. The van der Waals surface area contributed by atoms with Crippen molar-refractivity contribution in [1.82, 2.24) is 0 Å². The van der Waals surface area contributed by atoms with Crippen LogP contribution in [0.25, 0.3) is 0 Å². The minimum atomic E-state index is -7.68. The summed E-state index contributed by atoms with van der Waals surface area (Å²) in [5.41, 5.74) is -7.48. The molecule has 3 atom stereocenters. The van der Waals surface area contributed by atoms with Gasteiger partial charge in [-0.05, 0) is 0 Å². The molecule has 29 heavy (non-hydrogen) atoms. The fourth-order valence-electron chi connectivity index (χ4n) is 1.64. The van der Waals surface area contributed by atoms with Crippen molar-refractivity contribution in [2.24, 2.45) is 0 Å². The lowest BCUT2D eigenvalue weighted by Gasteiger charge is -2.40. The van der Waals surface area contributed by atoms with Gasteiger partial charge in [0.2, 0.25) is 12.3 Å². The molecule has 0 aliphatic carbocycles. The first-order chi connectivity index (χ1) is 12.5. The zero-order valence-electron chi connectivity index (χ0n) is 12.6. The van der Waals surface area contributed by atoms with E-state index < -0.39 is 65.7 Å². The van der Waals surface area contributed by atoms with Gasteiger partial charge in [-0.1, -0.05) is 11.6 Å². The van der Waals surface area contributed by atoms with Gasteiger partial charge in [0.1, 0.15) is 11.4 Å². The van der Waals surface area contributed by atoms with Crippen molar-refractivity contribution in [1.29, 1.82) is 0 Å². The number of halogens is 18. The molecule has 0 aromatic heterocycles. The molecular weight excluding hydrogens is 491 g/mol. The van der Waals surface area contributed by atoms with Gasteiger partial charge in [-0.2, -0.15) is 48.3 Å². The Morgan fingerprint density at radius 1 is 0.655 bits per heavy atom. The van der Waals surface area contributed by atoms with Crippen LogP contribution in [0, 0.1) is 0 Å². The Hall–Kier alpha value is -1.16. The Balaban J connectivity index is 6.45. The first kappa shape index (κ1) is 27.8. The van der Waals surface area contributed by atoms with Crippen molar-refractivity contribution in [2.75, 3.05) is 0 Å². The second-order valence-corrected chi connectivity index (χ2v) is 5.59. The lowest BCUT2D eigenvalue weighted by atomic mass is 9.87. The van der Waals surface area contributed by atoms with E-state index in [0.29, 0.717) is 0 Å². The first-order valence-electron chi connectivity index (χ1n) is 6.28. The molecule has 3 unspecified atom stereocenters. The van der Waals surface area contributed by atoms with Gasteiger partial charge in [0.05, 0.1) is 0 Å². The van der Waals surface area contributed by atoms with E-state index in [0.717, 1.165) is 0 Å². The normalized spacial score (nSPS) is 19.9. The van der Waals surface area contributed by atoms with E-state index in [1.807, 2.05) is 0 Å². The van der Waals surface area contributed by atoms with Gasteiger partial charge in [0.15, 0.2) is 0 Å². The second-order valence-electron chi connectivity index (χ2n) is 5.19. The standard InChI is InChI=1S/C11H4ClF17/c12-2(1-13)8(21,22)10(25,26)4(15)6(18,19)3(14)9(23,24)7(20,5(16)17)11(27,28)29/h1,3-5H. The first-order valence-corrected chi connectivity index (χ1v) is 6.66. The van der Waals surface area contributed by atoms with E-state index in [-0.39, 0.29) is 0 Å². The fraction of sp³-hybridized carbons (Fsp3) is 0.818. The summed E-state index contributed by atoms with van der Waals surface area (Å²) in [6, 6.07) is 0. The number of rotatable bonds is 8. The van der Waals surface area contributed by atoms with E-state index in [2.05, 4.69) is 11.6 Å². The van der Waals surface area contributed by atoms with Crippen LogP contribution in [0.2, 0.25) is 0 Å². The van der Waals surface area contributed by atoms with E-state index in [9.17, 15) is 74.6 Å². The van der Waals surface area contributed by atoms with Crippen LogP contribution in [0.3, 0.4) is 0 Å². The quantitative estimate of drug-likeness (QED) is 0.326. The van der Waals surface area contributed by atoms with E-state index in [4.69, 9.17) is 0 Å². The summed E-state index contributed by atoms with van der Waals surface area (Å²) in [7, 11) is 0. The fourth-order valence-corrected chi connectivity index (χ4v) is 1.77. The molecule has 0 saturated heterocycles. The van der Waals surface area contributed by atoms with Gasteiger partial charge in [-0.15, -0.1) is 0 Å². The molecule has 0 bridgehead atoms. The van der Waals surface area contributed by atoms with Crippen LogP contribution in [-0.4, -0.2) is 54.3 Å². The molecule has 0 spiro atoms. The van der Waals surface area contributed by atoms with Gasteiger partial charge in [0.25, 0.3) is 6.43 Å². The third-order valence-corrected chi connectivity index (χ3v) is 3.64. The SMILES string of the molecule is FC=C(Cl)C(F)(F)C(F)(F)C(F)C(F)(F)C(F)C(F)(F)C(F)(C(F)F)C(F)(F)F. The molecular formula is C11H4ClF17. The predicted molar refractivity (Wildman–Crippen MR) is 60.5 cm³/mol. The minimum absolute atomic E-state index is 1.62. The third-order valence-electron chi connectivity index (χ3n) is 3.33. The Labute approximate surface area is 153 Å². The maximum Gasteiger partial charge on any atom is 0.434 e. The van der Waals surface area contributed by atoms with Gasteiger partial charge < -0.3 is 0 Å². The summed E-state index contributed by atoms with van der Waals surface area (Å²) in [5, 5.41) is -3.04. The topological polar surface area (TPSA) is 0 Å². The van der Waals surface area contributed by atoms with Gasteiger partial charge in [0, 0.05) is 0 Å². The maximum atomic E-state index is 13.3. The maximum absolute atomic E-state index is 13.3. The van der Waals surface area contributed by atoms with Gasteiger partial charge >= 0.3 is 35.5 Å². The molecule has 0 aliphatic heterocycles. The summed E-state index contributed by atoms with van der Waals surface area (Å²) in [6.07, 6.45) is -27.9. The monoisotopic (exact) mass is 494 g/mol. The molecule has 0 radical (unpaired) electrons. The van der Waals surface area contributed by atoms with Crippen LogP contribution < -0.4 is 0 Å². The summed E-state index contributed by atoms with van der Waals surface area (Å²) < 4.78 is 218. The number of allylic oxidation sites excluding steroid dienone is 1. The summed E-state index contributed by atoms with van der Waals surface area (Å²) in [6.45, 7) is 0. The predicted octanol–water partition coefficient (Wildman–Crippen LogP) is 6.79. The van der Waals surface area contributed by atoms with Gasteiger partial charge in [-0.25, -0.2) is 26.3 Å². The molecule has 0 aliphatic rings. The largest absolute Gasteiger partial charge is 0.434 e. The summed E-state index contributed by atoms with van der Waals surface area (Å²) >= 11 is 4.17. The molecule has 0 saturated carbocycles. The van der Waals surface area contributed by atoms with Crippen molar-refractivity contribution < 1.29 is 74.6 Å². The average Bonchev–Trinajstić information content (AvgIpc) is 2.56. The minimum Gasteiger partial charge on any atom is -0.234 e. The van der Waals surface area contributed by atoms with Crippen LogP contribution >= 0.6 is 11.6 Å². The highest BCUT2D eigenvalue weighted by Crippen LogP contribution is 2.56. The van der Waals surface area contributed by atoms with Crippen LogP contribution in [0.15, 0.2) is 11.4 Å². The zero-order valence-corrected chi connectivity index (χ0v) is 13.4. The Morgan fingerprint density at radius 3 is 1.28 bits per heavy atom. The van der Waals surface area contributed by atoms with Crippen LogP contribution in [-0.2, 0) is 0 Å². The molecule has 0 amide bonds. The van der Waals surface area contributed by atoms with Crippen molar-refractivity contribution in [3.05, 3.63) is 11.4 Å². The molecule has 0 aromatic carbocycles. The Bertz CT molecular complexity index is 607. The summed E-state index contributed by atoms with van der Waals surface area (Å²) in [5.74, 6) is -28.7. The number of hydrogen-bond acceptors (Lipinski definition) is 0. The Morgan fingerprint density at radius 2 is 1.00 bits per heavy atom. The van der Waals surface area contributed by atoms with E-state index >= 15 is 0 Å². The molecule has 0 fully saturated rings. The van der Waals surface area contributed by atoms with Crippen molar-refractivity contribution in [3.63, 3.8) is 0 Å². The van der Waals surface area contributed by atoms with Crippen molar-refractivity contribution >= 4 is 11.6 Å². The van der Waals surface area contributed by atoms with E-state index in [1.165, 1.54) is 0 Å². The highest BCUT2D eigenvalue weighted by Gasteiger charge is 2.84. The lowest BCUT2D eigenvalue weighted by molar-refractivity contribution is -0.369. The molecule has 0 nitrogen and oxygen atoms in total.